The molecule has 0 spiro atoms. The summed E-state index contributed by atoms with van der Waals surface area (Å²) in [5.41, 5.74) is 6.37. The molecule has 2 N–H and O–H groups in total. The van der Waals surface area contributed by atoms with Gasteiger partial charge in [0.2, 0.25) is 0 Å². The molecule has 1 nitrogen and oxygen atoms in total. The maximum absolute atomic E-state index is 5.55. The average molecular weight is 165 g/mol. The van der Waals surface area contributed by atoms with Gasteiger partial charge >= 0.3 is 0 Å². The molecule has 0 aliphatic rings. The fraction of sp³-hybridized carbons (Fsp3) is 0.455. The fourth-order valence-electron chi connectivity index (χ4n) is 0.760. The molecule has 0 aliphatic heterocycles. The van der Waals surface area contributed by atoms with Crippen molar-refractivity contribution in [2.75, 3.05) is 0 Å². The average Bonchev–Trinajstić information content (AvgIpc) is 2.10. The van der Waals surface area contributed by atoms with Crippen LogP contribution < -0.4 is 5.73 Å². The molecule has 0 atom stereocenters. The largest absolute Gasteiger partial charge is 0.399 e. The van der Waals surface area contributed by atoms with Crippen molar-refractivity contribution in [3.63, 3.8) is 0 Å². The molecule has 0 aliphatic carbocycles. The molecule has 0 fully saturated rings. The normalized spacial score (nSPS) is 13.3. The molecule has 0 aromatic carbocycles. The van der Waals surface area contributed by atoms with Gasteiger partial charge in [-0.05, 0) is 19.4 Å². The molecule has 0 saturated carbocycles. The first-order valence-corrected chi connectivity index (χ1v) is 4.56. The third kappa shape index (κ3) is 7.13. The van der Waals surface area contributed by atoms with Crippen LogP contribution in [0.3, 0.4) is 0 Å². The zero-order valence-electron chi connectivity index (χ0n) is 8.09. The molecular weight excluding hydrogens is 146 g/mol. The highest BCUT2D eigenvalue weighted by atomic mass is 14.5. The fourth-order valence-corrected chi connectivity index (χ4v) is 0.760. The van der Waals surface area contributed by atoms with Crippen molar-refractivity contribution in [1.29, 1.82) is 0 Å². The Morgan fingerprint density at radius 3 is 2.67 bits per heavy atom. The molecule has 0 bridgehead atoms. The Morgan fingerprint density at radius 1 is 1.33 bits per heavy atom. The zero-order valence-corrected chi connectivity index (χ0v) is 8.09. The number of rotatable bonds is 5. The van der Waals surface area contributed by atoms with Gasteiger partial charge in [-0.25, -0.2) is 0 Å². The van der Waals surface area contributed by atoms with Gasteiger partial charge < -0.3 is 5.73 Å². The highest BCUT2D eigenvalue weighted by molar-refractivity contribution is 5.18. The van der Waals surface area contributed by atoms with Gasteiger partial charge in [0.15, 0.2) is 0 Å². The summed E-state index contributed by atoms with van der Waals surface area (Å²) in [5, 5.41) is 0. The van der Waals surface area contributed by atoms with E-state index in [1.807, 2.05) is 31.2 Å². The van der Waals surface area contributed by atoms with Crippen LogP contribution in [0.5, 0.6) is 0 Å². The van der Waals surface area contributed by atoms with E-state index in [-0.39, 0.29) is 0 Å². The van der Waals surface area contributed by atoms with Crippen LogP contribution in [0.15, 0.2) is 36.1 Å². The summed E-state index contributed by atoms with van der Waals surface area (Å²) in [6.45, 7) is 4.13. The Labute approximate surface area is 75.7 Å². The van der Waals surface area contributed by atoms with E-state index in [0.29, 0.717) is 0 Å². The van der Waals surface area contributed by atoms with E-state index >= 15 is 0 Å². The van der Waals surface area contributed by atoms with Gasteiger partial charge in [-0.1, -0.05) is 44.1 Å². The van der Waals surface area contributed by atoms with Crippen molar-refractivity contribution in [3.05, 3.63) is 36.1 Å². The van der Waals surface area contributed by atoms with Gasteiger partial charge in [-0.15, -0.1) is 0 Å². The Morgan fingerprint density at radius 2 is 2.08 bits per heavy atom. The Balaban J connectivity index is 3.52. The van der Waals surface area contributed by atoms with Gasteiger partial charge in [0, 0.05) is 5.70 Å². The predicted octanol–water partition coefficient (Wildman–Crippen LogP) is 3.15. The van der Waals surface area contributed by atoms with Gasteiger partial charge in [0.1, 0.15) is 0 Å². The molecule has 1 heteroatoms. The standard InChI is InChI=1S/C11H19N/c1-3-5-6-7-8-9-10-11(12)4-2/h4,7-10H,3,5-6,12H2,1-2H3/b8-7+,10-9+,11-4-. The Hall–Kier alpha value is -0.980. The highest BCUT2D eigenvalue weighted by Crippen LogP contribution is 1.95. The van der Waals surface area contributed by atoms with Crippen molar-refractivity contribution >= 4 is 0 Å². The van der Waals surface area contributed by atoms with Crippen LogP contribution in [-0.4, -0.2) is 0 Å². The topological polar surface area (TPSA) is 26.0 Å². The summed E-state index contributed by atoms with van der Waals surface area (Å²) in [4.78, 5) is 0. The number of nitrogens with two attached hydrogens (primary N) is 1. The molecule has 0 rings (SSSR count). The third-order valence-electron chi connectivity index (χ3n) is 1.59. The highest BCUT2D eigenvalue weighted by Gasteiger charge is 1.76. The van der Waals surface area contributed by atoms with Crippen LogP contribution in [-0.2, 0) is 0 Å². The first-order valence-electron chi connectivity index (χ1n) is 4.56. The third-order valence-corrected chi connectivity index (χ3v) is 1.59. The van der Waals surface area contributed by atoms with Crippen LogP contribution in [0, 0.1) is 0 Å². The molecule has 68 valence electrons. The number of allylic oxidation sites excluding steroid dienone is 5. The summed E-state index contributed by atoms with van der Waals surface area (Å²) in [5.74, 6) is 0. The SMILES string of the molecule is C/C=C(N)/C=C/C=C/CCCC. The monoisotopic (exact) mass is 165 g/mol. The zero-order chi connectivity index (χ0) is 9.23. The van der Waals surface area contributed by atoms with Crippen molar-refractivity contribution in [2.45, 2.75) is 33.1 Å². The van der Waals surface area contributed by atoms with Crippen LogP contribution in [0.4, 0.5) is 0 Å². The molecule has 0 unspecified atom stereocenters. The minimum atomic E-state index is 0.815. The van der Waals surface area contributed by atoms with Crippen molar-refractivity contribution < 1.29 is 0 Å². The van der Waals surface area contributed by atoms with E-state index < -0.39 is 0 Å². The smallest absolute Gasteiger partial charge is 0.0270 e. The number of hydrogen-bond acceptors (Lipinski definition) is 1. The lowest BCUT2D eigenvalue weighted by Gasteiger charge is -1.87. The first-order chi connectivity index (χ1) is 5.81. The number of unbranched alkanes of at least 4 members (excludes halogenated alkanes) is 2. The second-order valence-corrected chi connectivity index (χ2v) is 2.72. The molecular formula is C11H19N. The maximum Gasteiger partial charge on any atom is 0.0270 e. The summed E-state index contributed by atoms with van der Waals surface area (Å²) in [6, 6.07) is 0. The summed E-state index contributed by atoms with van der Waals surface area (Å²) >= 11 is 0. The molecule has 0 heterocycles. The molecule has 0 amide bonds. The molecule has 0 aromatic rings. The lowest BCUT2D eigenvalue weighted by molar-refractivity contribution is 0.815. The van der Waals surface area contributed by atoms with Crippen LogP contribution in [0.2, 0.25) is 0 Å². The van der Waals surface area contributed by atoms with Crippen LogP contribution in [0.1, 0.15) is 33.1 Å². The van der Waals surface area contributed by atoms with E-state index in [4.69, 9.17) is 5.73 Å². The van der Waals surface area contributed by atoms with Crippen LogP contribution in [0.25, 0.3) is 0 Å². The molecule has 0 saturated heterocycles. The second-order valence-electron chi connectivity index (χ2n) is 2.72. The van der Waals surface area contributed by atoms with E-state index in [1.165, 1.54) is 12.8 Å². The van der Waals surface area contributed by atoms with E-state index in [0.717, 1.165) is 12.1 Å². The summed E-state index contributed by atoms with van der Waals surface area (Å²) in [6.07, 6.45) is 13.7. The van der Waals surface area contributed by atoms with Gasteiger partial charge in [0.25, 0.3) is 0 Å². The molecule has 0 aromatic heterocycles. The van der Waals surface area contributed by atoms with Gasteiger partial charge in [-0.3, -0.25) is 0 Å². The van der Waals surface area contributed by atoms with Crippen LogP contribution >= 0.6 is 0 Å². The Kier molecular flexibility index (Phi) is 7.46. The summed E-state index contributed by atoms with van der Waals surface area (Å²) in [7, 11) is 0. The lowest BCUT2D eigenvalue weighted by Crippen LogP contribution is -1.89. The van der Waals surface area contributed by atoms with Gasteiger partial charge in [-0.2, -0.15) is 0 Å². The first kappa shape index (κ1) is 11.0. The Bertz CT molecular complexity index is 175. The van der Waals surface area contributed by atoms with E-state index in [2.05, 4.69) is 13.0 Å². The van der Waals surface area contributed by atoms with Crippen molar-refractivity contribution in [3.8, 4) is 0 Å². The van der Waals surface area contributed by atoms with E-state index in [1.54, 1.807) is 0 Å². The van der Waals surface area contributed by atoms with Crippen molar-refractivity contribution in [1.82, 2.24) is 0 Å². The second kappa shape index (κ2) is 8.12. The quantitative estimate of drug-likeness (QED) is 0.491. The van der Waals surface area contributed by atoms with Crippen molar-refractivity contribution in [2.24, 2.45) is 5.73 Å². The van der Waals surface area contributed by atoms with E-state index in [9.17, 15) is 0 Å². The predicted molar refractivity (Wildman–Crippen MR) is 55.7 cm³/mol. The lowest BCUT2D eigenvalue weighted by atomic mass is 10.2. The minimum absolute atomic E-state index is 0.815. The summed E-state index contributed by atoms with van der Waals surface area (Å²) < 4.78 is 0. The molecule has 12 heavy (non-hydrogen) atoms. The minimum Gasteiger partial charge on any atom is -0.399 e. The molecule has 0 radical (unpaired) electrons. The maximum atomic E-state index is 5.55. The van der Waals surface area contributed by atoms with Gasteiger partial charge in [0.05, 0.1) is 0 Å². The number of hydrogen-bond donors (Lipinski definition) is 1.